The highest BCUT2D eigenvalue weighted by Gasteiger charge is 2.20. The van der Waals surface area contributed by atoms with E-state index in [4.69, 9.17) is 5.84 Å². The van der Waals surface area contributed by atoms with Crippen molar-refractivity contribution in [3.05, 3.63) is 12.2 Å². The topological polar surface area (TPSA) is 68.8 Å². The lowest BCUT2D eigenvalue weighted by molar-refractivity contribution is 0.295. The molecule has 5 nitrogen and oxygen atoms in total. The van der Waals surface area contributed by atoms with Gasteiger partial charge in [-0.1, -0.05) is 32.1 Å². The number of aryl methyl sites for hydroxylation is 1. The minimum absolute atomic E-state index is 0.322. The van der Waals surface area contributed by atoms with Crippen molar-refractivity contribution in [1.29, 1.82) is 0 Å². The van der Waals surface area contributed by atoms with Crippen LogP contribution in [0.3, 0.4) is 0 Å². The molecule has 102 valence electrons. The van der Waals surface area contributed by atoms with Crippen LogP contribution in [-0.2, 0) is 13.0 Å². The number of hydrazine groups is 1. The molecular formula is C13H25N5. The number of hydrogen-bond acceptors (Lipinski definition) is 4. The fourth-order valence-electron chi connectivity index (χ4n) is 2.97. The van der Waals surface area contributed by atoms with Gasteiger partial charge in [0, 0.05) is 19.0 Å². The highest BCUT2D eigenvalue weighted by atomic mass is 15.3. The minimum Gasteiger partial charge on any atom is -0.271 e. The standard InChI is InChI=1S/C13H25N5/c1-2-18-13(15-10-16-18)9-12(17-14)8-11-6-4-3-5-7-11/h10-12,17H,2-9,14H2,1H3. The average Bonchev–Trinajstić information content (AvgIpc) is 2.86. The van der Waals surface area contributed by atoms with Crippen LogP contribution >= 0.6 is 0 Å². The van der Waals surface area contributed by atoms with E-state index >= 15 is 0 Å². The lowest BCUT2D eigenvalue weighted by atomic mass is 9.84. The van der Waals surface area contributed by atoms with E-state index in [2.05, 4.69) is 22.4 Å². The van der Waals surface area contributed by atoms with E-state index in [9.17, 15) is 0 Å². The van der Waals surface area contributed by atoms with Gasteiger partial charge in [0.25, 0.3) is 0 Å². The van der Waals surface area contributed by atoms with Crippen molar-refractivity contribution < 1.29 is 0 Å². The van der Waals surface area contributed by atoms with Gasteiger partial charge in [0.15, 0.2) is 0 Å². The molecule has 5 heteroatoms. The van der Waals surface area contributed by atoms with Crippen molar-refractivity contribution in [1.82, 2.24) is 20.2 Å². The van der Waals surface area contributed by atoms with Crippen molar-refractivity contribution >= 4 is 0 Å². The van der Waals surface area contributed by atoms with E-state index < -0.39 is 0 Å². The summed E-state index contributed by atoms with van der Waals surface area (Å²) in [4.78, 5) is 4.32. The first-order valence-corrected chi connectivity index (χ1v) is 7.16. The molecule has 1 unspecified atom stereocenters. The molecule has 3 N–H and O–H groups in total. The number of aromatic nitrogens is 3. The average molecular weight is 251 g/mol. The van der Waals surface area contributed by atoms with Gasteiger partial charge in [-0.3, -0.25) is 16.0 Å². The molecular weight excluding hydrogens is 226 g/mol. The SMILES string of the molecule is CCn1ncnc1CC(CC1CCCCC1)NN. The molecule has 1 atom stereocenters. The molecule has 0 amide bonds. The van der Waals surface area contributed by atoms with Crippen LogP contribution < -0.4 is 11.3 Å². The highest BCUT2D eigenvalue weighted by molar-refractivity contribution is 4.90. The minimum atomic E-state index is 0.322. The molecule has 18 heavy (non-hydrogen) atoms. The molecule has 2 rings (SSSR count). The molecule has 1 aromatic rings. The zero-order valence-corrected chi connectivity index (χ0v) is 11.3. The second-order valence-electron chi connectivity index (χ2n) is 5.30. The Balaban J connectivity index is 1.88. The van der Waals surface area contributed by atoms with Crippen LogP contribution in [0.4, 0.5) is 0 Å². The van der Waals surface area contributed by atoms with Gasteiger partial charge in [-0.15, -0.1) is 0 Å². The summed E-state index contributed by atoms with van der Waals surface area (Å²) in [5.74, 6) is 7.56. The Labute approximate surface area is 109 Å². The van der Waals surface area contributed by atoms with E-state index in [1.54, 1.807) is 6.33 Å². The fraction of sp³-hybridized carbons (Fsp3) is 0.846. The Morgan fingerprint density at radius 1 is 1.44 bits per heavy atom. The first-order valence-electron chi connectivity index (χ1n) is 7.16. The Hall–Kier alpha value is -0.940. The first-order chi connectivity index (χ1) is 8.83. The van der Waals surface area contributed by atoms with Crippen LogP contribution in [0.25, 0.3) is 0 Å². The van der Waals surface area contributed by atoms with E-state index in [0.29, 0.717) is 6.04 Å². The predicted molar refractivity (Wildman–Crippen MR) is 71.7 cm³/mol. The second kappa shape index (κ2) is 6.85. The lowest BCUT2D eigenvalue weighted by Gasteiger charge is -2.26. The zero-order chi connectivity index (χ0) is 12.8. The molecule has 0 spiro atoms. The Morgan fingerprint density at radius 2 is 2.22 bits per heavy atom. The van der Waals surface area contributed by atoms with Gasteiger partial charge in [0.1, 0.15) is 12.2 Å². The summed E-state index contributed by atoms with van der Waals surface area (Å²) in [6, 6.07) is 0.322. The van der Waals surface area contributed by atoms with Crippen LogP contribution in [0.2, 0.25) is 0 Å². The normalized spacial score (nSPS) is 19.0. The fourth-order valence-corrected chi connectivity index (χ4v) is 2.97. The van der Waals surface area contributed by atoms with Crippen molar-refractivity contribution in [3.63, 3.8) is 0 Å². The third-order valence-electron chi connectivity index (χ3n) is 4.00. The molecule has 0 bridgehead atoms. The molecule has 0 aliphatic heterocycles. The Morgan fingerprint density at radius 3 is 2.89 bits per heavy atom. The van der Waals surface area contributed by atoms with Crippen LogP contribution in [0, 0.1) is 5.92 Å². The summed E-state index contributed by atoms with van der Waals surface area (Å²) in [6.45, 7) is 2.96. The van der Waals surface area contributed by atoms with Gasteiger partial charge in [0.2, 0.25) is 0 Å². The number of hydrogen-bond donors (Lipinski definition) is 2. The maximum atomic E-state index is 5.69. The monoisotopic (exact) mass is 251 g/mol. The summed E-state index contributed by atoms with van der Waals surface area (Å²) in [5, 5.41) is 4.21. The maximum absolute atomic E-state index is 5.69. The Kier molecular flexibility index (Phi) is 5.13. The predicted octanol–water partition coefficient (Wildman–Crippen LogP) is 1.64. The van der Waals surface area contributed by atoms with Crippen LogP contribution in [0.1, 0.15) is 51.3 Å². The van der Waals surface area contributed by atoms with E-state index in [1.807, 2.05) is 4.68 Å². The third kappa shape index (κ3) is 3.53. The van der Waals surface area contributed by atoms with E-state index in [-0.39, 0.29) is 0 Å². The second-order valence-corrected chi connectivity index (χ2v) is 5.30. The summed E-state index contributed by atoms with van der Waals surface area (Å²) in [7, 11) is 0. The molecule has 1 heterocycles. The summed E-state index contributed by atoms with van der Waals surface area (Å²) >= 11 is 0. The first kappa shape index (κ1) is 13.5. The zero-order valence-electron chi connectivity index (χ0n) is 11.3. The number of rotatable bonds is 6. The number of nitrogens with one attached hydrogen (secondary N) is 1. The molecule has 0 radical (unpaired) electrons. The van der Waals surface area contributed by atoms with E-state index in [1.165, 1.54) is 32.1 Å². The van der Waals surface area contributed by atoms with Crippen LogP contribution in [0.15, 0.2) is 6.33 Å². The van der Waals surface area contributed by atoms with Crippen molar-refractivity contribution in [2.24, 2.45) is 11.8 Å². The molecule has 1 aromatic heterocycles. The summed E-state index contributed by atoms with van der Waals surface area (Å²) in [5.41, 5.74) is 2.96. The molecule has 0 aromatic carbocycles. The molecule has 1 fully saturated rings. The van der Waals surface area contributed by atoms with Crippen LogP contribution in [0.5, 0.6) is 0 Å². The third-order valence-corrected chi connectivity index (χ3v) is 4.00. The smallest absolute Gasteiger partial charge is 0.138 e. The lowest BCUT2D eigenvalue weighted by Crippen LogP contribution is -2.39. The summed E-state index contributed by atoms with van der Waals surface area (Å²) in [6.07, 6.45) is 10.6. The van der Waals surface area contributed by atoms with Crippen molar-refractivity contribution in [2.75, 3.05) is 0 Å². The summed E-state index contributed by atoms with van der Waals surface area (Å²) < 4.78 is 1.95. The van der Waals surface area contributed by atoms with Gasteiger partial charge >= 0.3 is 0 Å². The molecule has 1 aliphatic carbocycles. The van der Waals surface area contributed by atoms with Crippen molar-refractivity contribution in [3.8, 4) is 0 Å². The van der Waals surface area contributed by atoms with Crippen LogP contribution in [-0.4, -0.2) is 20.8 Å². The van der Waals surface area contributed by atoms with Crippen molar-refractivity contribution in [2.45, 2.75) is 64.5 Å². The quantitative estimate of drug-likeness (QED) is 0.596. The highest BCUT2D eigenvalue weighted by Crippen LogP contribution is 2.27. The molecule has 1 saturated carbocycles. The maximum Gasteiger partial charge on any atom is 0.138 e. The largest absolute Gasteiger partial charge is 0.271 e. The Bertz CT molecular complexity index is 343. The van der Waals surface area contributed by atoms with Gasteiger partial charge in [0.05, 0.1) is 0 Å². The van der Waals surface area contributed by atoms with Gasteiger partial charge in [-0.05, 0) is 19.3 Å². The van der Waals surface area contributed by atoms with Gasteiger partial charge in [-0.25, -0.2) is 4.98 Å². The van der Waals surface area contributed by atoms with Gasteiger partial charge in [-0.2, -0.15) is 5.10 Å². The molecule has 1 aliphatic rings. The number of nitrogens with zero attached hydrogens (tertiary/aromatic N) is 3. The number of nitrogens with two attached hydrogens (primary N) is 1. The van der Waals surface area contributed by atoms with E-state index in [0.717, 1.165) is 31.1 Å². The molecule has 0 saturated heterocycles. The van der Waals surface area contributed by atoms with Gasteiger partial charge < -0.3 is 0 Å².